The maximum Gasteiger partial charge on any atom is 0.156 e. The van der Waals surface area contributed by atoms with Crippen LogP contribution in [-0.4, -0.2) is 44.7 Å². The maximum atomic E-state index is 15.0. The van der Waals surface area contributed by atoms with Gasteiger partial charge in [0.15, 0.2) is 5.82 Å². The number of anilines is 2. The summed E-state index contributed by atoms with van der Waals surface area (Å²) in [5.41, 5.74) is 0.438. The fourth-order valence-electron chi connectivity index (χ4n) is 4.04. The molecule has 2 atom stereocenters. The second kappa shape index (κ2) is 7.95. The molecule has 1 saturated heterocycles. The number of amidine groups is 1. The third-order valence-corrected chi connectivity index (χ3v) is 9.57. The van der Waals surface area contributed by atoms with E-state index in [1.165, 1.54) is 13.1 Å². The molecule has 0 bridgehead atoms. The van der Waals surface area contributed by atoms with Gasteiger partial charge in [0.2, 0.25) is 0 Å². The molecule has 3 N–H and O–H groups in total. The molecular weight excluding hydrogens is 443 g/mol. The molecule has 1 fully saturated rings. The fraction of sp³-hybridized carbons (Fsp3) is 0.348. The Bertz CT molecular complexity index is 1380. The molecule has 10 heteroatoms. The van der Waals surface area contributed by atoms with Gasteiger partial charge >= 0.3 is 0 Å². The SMILES string of the molecule is CN=[S@]1(=O)C[C@@](C)(c2cc(Nc3nccc4cc(OC)cnc34)ccc2F)NC(=N)C1(C)C. The number of ether oxygens (including phenoxy) is 1. The summed E-state index contributed by atoms with van der Waals surface area (Å²) in [4.78, 5) is 8.82. The van der Waals surface area contributed by atoms with Crippen molar-refractivity contribution >= 4 is 38.0 Å². The summed E-state index contributed by atoms with van der Waals surface area (Å²) >= 11 is 0. The van der Waals surface area contributed by atoms with Gasteiger partial charge in [-0.2, -0.15) is 0 Å². The number of halogens is 1. The molecule has 174 valence electrons. The highest BCUT2D eigenvalue weighted by atomic mass is 32.2. The van der Waals surface area contributed by atoms with Gasteiger partial charge in [-0.1, -0.05) is 0 Å². The van der Waals surface area contributed by atoms with Gasteiger partial charge in [0.1, 0.15) is 27.7 Å². The van der Waals surface area contributed by atoms with Crippen molar-refractivity contribution in [2.24, 2.45) is 4.36 Å². The fourth-order valence-corrected chi connectivity index (χ4v) is 6.36. The van der Waals surface area contributed by atoms with Crippen LogP contribution in [0.1, 0.15) is 26.3 Å². The molecule has 0 spiro atoms. The van der Waals surface area contributed by atoms with Crippen molar-refractivity contribution in [2.45, 2.75) is 31.1 Å². The predicted molar refractivity (Wildman–Crippen MR) is 129 cm³/mol. The first-order valence-electron chi connectivity index (χ1n) is 10.4. The monoisotopic (exact) mass is 470 g/mol. The van der Waals surface area contributed by atoms with Crippen molar-refractivity contribution in [3.63, 3.8) is 0 Å². The highest BCUT2D eigenvalue weighted by Gasteiger charge is 2.49. The largest absolute Gasteiger partial charge is 0.495 e. The molecule has 2 aromatic heterocycles. The number of aromatic nitrogens is 2. The summed E-state index contributed by atoms with van der Waals surface area (Å²) in [7, 11) is 0.251. The average molecular weight is 471 g/mol. The molecule has 33 heavy (non-hydrogen) atoms. The summed E-state index contributed by atoms with van der Waals surface area (Å²) in [6, 6.07) is 8.29. The van der Waals surface area contributed by atoms with Gasteiger partial charge in [0.25, 0.3) is 0 Å². The predicted octanol–water partition coefficient (Wildman–Crippen LogP) is 4.19. The van der Waals surface area contributed by atoms with Crippen LogP contribution in [0.4, 0.5) is 15.9 Å². The van der Waals surface area contributed by atoms with E-state index in [0.717, 1.165) is 5.39 Å². The molecule has 8 nitrogen and oxygen atoms in total. The Morgan fingerprint density at radius 1 is 1.24 bits per heavy atom. The van der Waals surface area contributed by atoms with Crippen LogP contribution in [-0.2, 0) is 15.3 Å². The standard InChI is InChI=1S/C23H27FN6O2S/c1-22(2)21(25)30-23(3,13-33(22,31)26-4)17-11-15(6-7-18(17)24)29-20-19-14(8-9-27-20)10-16(32-5)12-28-19/h6-12H,13H2,1-5H3,(H2,25,30)(H,27,29)/t23-,33-/m0/s1. The lowest BCUT2D eigenvalue weighted by Crippen LogP contribution is -2.63. The van der Waals surface area contributed by atoms with Crippen molar-refractivity contribution in [3.05, 3.63) is 54.1 Å². The van der Waals surface area contributed by atoms with Crippen LogP contribution in [0, 0.1) is 11.2 Å². The highest BCUT2D eigenvalue weighted by Crippen LogP contribution is 2.37. The normalized spacial score (nSPS) is 24.2. The number of pyridine rings is 2. The number of methoxy groups -OCH3 is 1. The topological polar surface area (TPSA) is 112 Å². The van der Waals surface area contributed by atoms with Crippen molar-refractivity contribution in [3.8, 4) is 5.75 Å². The van der Waals surface area contributed by atoms with Gasteiger partial charge in [-0.3, -0.25) is 5.41 Å². The van der Waals surface area contributed by atoms with Gasteiger partial charge in [-0.15, -0.1) is 0 Å². The Morgan fingerprint density at radius 3 is 2.70 bits per heavy atom. The molecule has 0 amide bonds. The van der Waals surface area contributed by atoms with Crippen LogP contribution < -0.4 is 15.4 Å². The molecule has 3 aromatic rings. The Labute approximate surface area is 192 Å². The van der Waals surface area contributed by atoms with Gasteiger partial charge in [0.05, 0.1) is 34.3 Å². The van der Waals surface area contributed by atoms with Crippen LogP contribution >= 0.6 is 0 Å². The molecule has 0 radical (unpaired) electrons. The quantitative estimate of drug-likeness (QED) is 0.527. The van der Waals surface area contributed by atoms with E-state index in [-0.39, 0.29) is 11.6 Å². The molecule has 1 aromatic carbocycles. The van der Waals surface area contributed by atoms with E-state index in [1.807, 2.05) is 12.1 Å². The Morgan fingerprint density at radius 2 is 2.00 bits per heavy atom. The molecule has 0 unspecified atom stereocenters. The summed E-state index contributed by atoms with van der Waals surface area (Å²) in [6.07, 6.45) is 3.26. The molecule has 0 aliphatic carbocycles. The van der Waals surface area contributed by atoms with E-state index >= 15 is 4.39 Å². The van der Waals surface area contributed by atoms with E-state index in [1.54, 1.807) is 52.4 Å². The Balaban J connectivity index is 1.75. The number of nitrogens with one attached hydrogen (secondary N) is 3. The third kappa shape index (κ3) is 3.78. The van der Waals surface area contributed by atoms with Crippen molar-refractivity contribution < 1.29 is 13.3 Å². The van der Waals surface area contributed by atoms with Gasteiger partial charge in [-0.25, -0.2) is 22.9 Å². The van der Waals surface area contributed by atoms with E-state index in [9.17, 15) is 4.21 Å². The smallest absolute Gasteiger partial charge is 0.156 e. The van der Waals surface area contributed by atoms with E-state index in [0.29, 0.717) is 28.3 Å². The first-order chi connectivity index (χ1) is 15.5. The highest BCUT2D eigenvalue weighted by molar-refractivity contribution is 7.95. The first-order valence-corrected chi connectivity index (χ1v) is 12.1. The zero-order chi connectivity index (χ0) is 24.0. The number of rotatable bonds is 4. The average Bonchev–Trinajstić information content (AvgIpc) is 2.78. The van der Waals surface area contributed by atoms with Crippen LogP contribution in [0.3, 0.4) is 0 Å². The minimum absolute atomic E-state index is 0.0680. The van der Waals surface area contributed by atoms with Gasteiger partial charge < -0.3 is 15.4 Å². The lowest BCUT2D eigenvalue weighted by molar-refractivity contribution is 0.414. The van der Waals surface area contributed by atoms with E-state index in [4.69, 9.17) is 10.1 Å². The molecule has 4 rings (SSSR count). The summed E-state index contributed by atoms with van der Waals surface area (Å²) in [5, 5.41) is 15.6. The van der Waals surface area contributed by atoms with E-state index < -0.39 is 25.8 Å². The number of nitrogens with zero attached hydrogens (tertiary/aromatic N) is 3. The van der Waals surface area contributed by atoms with Gasteiger partial charge in [-0.05, 0) is 51.1 Å². The maximum absolute atomic E-state index is 15.0. The van der Waals surface area contributed by atoms with Crippen LogP contribution in [0.2, 0.25) is 0 Å². The van der Waals surface area contributed by atoms with Crippen LogP contribution in [0.5, 0.6) is 5.75 Å². The first kappa shape index (κ1) is 22.9. The molecule has 1 aliphatic rings. The minimum Gasteiger partial charge on any atom is -0.495 e. The molecule has 3 heterocycles. The summed E-state index contributed by atoms with van der Waals surface area (Å²) in [5.74, 6) is 0.819. The zero-order valence-corrected chi connectivity index (χ0v) is 20.0. The summed E-state index contributed by atoms with van der Waals surface area (Å²) < 4.78 is 37.1. The van der Waals surface area contributed by atoms with Crippen molar-refractivity contribution in [1.29, 1.82) is 5.41 Å². The number of fused-ring (bicyclic) bond motifs is 1. The lowest BCUT2D eigenvalue weighted by atomic mass is 9.91. The van der Waals surface area contributed by atoms with Crippen molar-refractivity contribution in [1.82, 2.24) is 15.3 Å². The van der Waals surface area contributed by atoms with Crippen molar-refractivity contribution in [2.75, 3.05) is 25.2 Å². The number of benzene rings is 1. The van der Waals surface area contributed by atoms with Gasteiger partial charge in [0, 0.05) is 29.9 Å². The second-order valence-electron chi connectivity index (χ2n) is 8.74. The zero-order valence-electron chi connectivity index (χ0n) is 19.2. The van der Waals surface area contributed by atoms with Crippen LogP contribution in [0.25, 0.3) is 10.9 Å². The number of hydrogen-bond acceptors (Lipinski definition) is 7. The third-order valence-electron chi connectivity index (χ3n) is 6.21. The molecule has 0 saturated carbocycles. The lowest BCUT2D eigenvalue weighted by Gasteiger charge is -2.45. The summed E-state index contributed by atoms with van der Waals surface area (Å²) in [6.45, 7) is 5.19. The Kier molecular flexibility index (Phi) is 5.52. The van der Waals surface area contributed by atoms with Crippen LogP contribution in [0.15, 0.2) is 47.1 Å². The minimum atomic E-state index is -2.82. The molecular formula is C23H27FN6O2S. The number of hydrogen-bond donors (Lipinski definition) is 3. The second-order valence-corrected chi connectivity index (χ2v) is 11.7. The van der Waals surface area contributed by atoms with E-state index in [2.05, 4.69) is 25.0 Å². The molecule has 1 aliphatic heterocycles. The Hall–Kier alpha value is -3.27.